The van der Waals surface area contributed by atoms with Crippen molar-refractivity contribution in [1.29, 1.82) is 5.26 Å². The minimum atomic E-state index is -0.492. The summed E-state index contributed by atoms with van der Waals surface area (Å²) in [6, 6.07) is 2.39. The first-order chi connectivity index (χ1) is 6.60. The Kier molecular flexibility index (Phi) is 3.51. The molecule has 0 saturated heterocycles. The van der Waals surface area contributed by atoms with Crippen LogP contribution in [0.4, 0.5) is 0 Å². The van der Waals surface area contributed by atoms with E-state index in [-0.39, 0.29) is 11.8 Å². The predicted molar refractivity (Wildman–Crippen MR) is 54.3 cm³/mol. The summed E-state index contributed by atoms with van der Waals surface area (Å²) in [4.78, 5) is 11.6. The molecular weight excluding hydrogens is 176 g/mol. The standard InChI is InChI=1S/C11H18N2O/c1-4-8-5-10(8)13-11(14)9(6-12)7(2)3/h7-10H,4-5H2,1-3H3,(H,13,14). The van der Waals surface area contributed by atoms with Gasteiger partial charge in [0.15, 0.2) is 0 Å². The van der Waals surface area contributed by atoms with Gasteiger partial charge in [0, 0.05) is 6.04 Å². The molecule has 0 aliphatic heterocycles. The molecule has 1 aliphatic rings. The van der Waals surface area contributed by atoms with Gasteiger partial charge in [0.05, 0.1) is 6.07 Å². The van der Waals surface area contributed by atoms with Crippen molar-refractivity contribution in [3.8, 4) is 6.07 Å². The lowest BCUT2D eigenvalue weighted by Gasteiger charge is -2.12. The van der Waals surface area contributed by atoms with Crippen LogP contribution in [-0.4, -0.2) is 11.9 Å². The van der Waals surface area contributed by atoms with Crippen LogP contribution in [0.2, 0.25) is 0 Å². The van der Waals surface area contributed by atoms with Gasteiger partial charge in [-0.1, -0.05) is 27.2 Å². The van der Waals surface area contributed by atoms with Gasteiger partial charge >= 0.3 is 0 Å². The van der Waals surface area contributed by atoms with E-state index in [9.17, 15) is 4.79 Å². The minimum Gasteiger partial charge on any atom is -0.352 e. The van der Waals surface area contributed by atoms with Gasteiger partial charge in [-0.05, 0) is 18.3 Å². The van der Waals surface area contributed by atoms with E-state index < -0.39 is 5.92 Å². The molecule has 3 heteroatoms. The maximum Gasteiger partial charge on any atom is 0.237 e. The zero-order valence-corrected chi connectivity index (χ0v) is 9.08. The fraction of sp³-hybridized carbons (Fsp3) is 0.818. The van der Waals surface area contributed by atoms with E-state index >= 15 is 0 Å². The first-order valence-corrected chi connectivity index (χ1v) is 5.30. The molecule has 78 valence electrons. The van der Waals surface area contributed by atoms with E-state index in [1.54, 1.807) is 0 Å². The molecule has 3 unspecified atom stereocenters. The van der Waals surface area contributed by atoms with E-state index in [0.29, 0.717) is 12.0 Å². The van der Waals surface area contributed by atoms with Crippen molar-refractivity contribution in [2.45, 2.75) is 39.7 Å². The first-order valence-electron chi connectivity index (χ1n) is 5.30. The molecule has 0 heterocycles. The molecule has 1 N–H and O–H groups in total. The van der Waals surface area contributed by atoms with Gasteiger partial charge in [-0.2, -0.15) is 5.26 Å². The monoisotopic (exact) mass is 194 g/mol. The summed E-state index contributed by atoms with van der Waals surface area (Å²) in [6.45, 7) is 5.93. The number of hydrogen-bond acceptors (Lipinski definition) is 2. The Bertz CT molecular complexity index is 255. The van der Waals surface area contributed by atoms with Crippen LogP contribution in [0.25, 0.3) is 0 Å². The van der Waals surface area contributed by atoms with E-state index in [0.717, 1.165) is 12.8 Å². The molecule has 14 heavy (non-hydrogen) atoms. The van der Waals surface area contributed by atoms with Crippen LogP contribution < -0.4 is 5.32 Å². The van der Waals surface area contributed by atoms with Crippen molar-refractivity contribution in [3.05, 3.63) is 0 Å². The average molecular weight is 194 g/mol. The summed E-state index contributed by atoms with van der Waals surface area (Å²) in [5.74, 6) is 0.154. The van der Waals surface area contributed by atoms with Gasteiger partial charge in [0.2, 0.25) is 5.91 Å². The second kappa shape index (κ2) is 4.45. The highest BCUT2D eigenvalue weighted by Gasteiger charge is 2.38. The third-order valence-corrected chi connectivity index (χ3v) is 2.86. The van der Waals surface area contributed by atoms with Crippen LogP contribution in [0, 0.1) is 29.1 Å². The summed E-state index contributed by atoms with van der Waals surface area (Å²) in [5.41, 5.74) is 0. The summed E-state index contributed by atoms with van der Waals surface area (Å²) >= 11 is 0. The molecule has 1 aliphatic carbocycles. The SMILES string of the molecule is CCC1CC1NC(=O)C(C#N)C(C)C. The molecule has 1 amide bonds. The summed E-state index contributed by atoms with van der Waals surface area (Å²) in [7, 11) is 0. The molecule has 1 rings (SSSR count). The second-order valence-corrected chi connectivity index (χ2v) is 4.37. The van der Waals surface area contributed by atoms with Crippen molar-refractivity contribution in [3.63, 3.8) is 0 Å². The maximum absolute atomic E-state index is 11.6. The van der Waals surface area contributed by atoms with Crippen LogP contribution in [-0.2, 0) is 4.79 Å². The van der Waals surface area contributed by atoms with Crippen molar-refractivity contribution in [2.24, 2.45) is 17.8 Å². The molecule has 0 radical (unpaired) electrons. The number of nitrogens with zero attached hydrogens (tertiary/aromatic N) is 1. The van der Waals surface area contributed by atoms with Crippen LogP contribution in [0.5, 0.6) is 0 Å². The Hall–Kier alpha value is -1.04. The Labute approximate surface area is 85.5 Å². The largest absolute Gasteiger partial charge is 0.352 e. The van der Waals surface area contributed by atoms with Gasteiger partial charge in [0.25, 0.3) is 0 Å². The van der Waals surface area contributed by atoms with Gasteiger partial charge in [-0.15, -0.1) is 0 Å². The smallest absolute Gasteiger partial charge is 0.237 e. The van der Waals surface area contributed by atoms with Crippen LogP contribution in [0.15, 0.2) is 0 Å². The zero-order chi connectivity index (χ0) is 10.7. The third-order valence-electron chi connectivity index (χ3n) is 2.86. The van der Waals surface area contributed by atoms with Gasteiger partial charge < -0.3 is 5.32 Å². The molecule has 0 aromatic rings. The summed E-state index contributed by atoms with van der Waals surface area (Å²) < 4.78 is 0. The molecule has 1 fully saturated rings. The van der Waals surface area contributed by atoms with Crippen LogP contribution in [0.1, 0.15) is 33.6 Å². The number of nitrogens with one attached hydrogen (secondary N) is 1. The van der Waals surface area contributed by atoms with Crippen molar-refractivity contribution >= 4 is 5.91 Å². The number of amides is 1. The molecular formula is C11H18N2O. The van der Waals surface area contributed by atoms with E-state index in [1.807, 2.05) is 13.8 Å². The fourth-order valence-electron chi connectivity index (χ4n) is 1.66. The topological polar surface area (TPSA) is 52.9 Å². The van der Waals surface area contributed by atoms with Crippen molar-refractivity contribution < 1.29 is 4.79 Å². The van der Waals surface area contributed by atoms with Crippen molar-refractivity contribution in [1.82, 2.24) is 5.32 Å². The van der Waals surface area contributed by atoms with Crippen LogP contribution >= 0.6 is 0 Å². The van der Waals surface area contributed by atoms with Gasteiger partial charge in [-0.3, -0.25) is 4.79 Å². The van der Waals surface area contributed by atoms with Crippen LogP contribution in [0.3, 0.4) is 0 Å². The Morgan fingerprint density at radius 3 is 2.64 bits per heavy atom. The van der Waals surface area contributed by atoms with E-state index in [1.165, 1.54) is 0 Å². The Balaban J connectivity index is 2.39. The zero-order valence-electron chi connectivity index (χ0n) is 9.08. The number of hydrogen-bond donors (Lipinski definition) is 1. The highest BCUT2D eigenvalue weighted by molar-refractivity contribution is 5.81. The first kappa shape index (κ1) is 11.0. The fourth-order valence-corrected chi connectivity index (χ4v) is 1.66. The average Bonchev–Trinajstić information content (AvgIpc) is 2.83. The van der Waals surface area contributed by atoms with Crippen molar-refractivity contribution in [2.75, 3.05) is 0 Å². The highest BCUT2D eigenvalue weighted by Crippen LogP contribution is 2.33. The summed E-state index contributed by atoms with van der Waals surface area (Å²) in [6.07, 6.45) is 2.20. The molecule has 3 nitrogen and oxygen atoms in total. The molecule has 0 aromatic carbocycles. The number of nitriles is 1. The number of rotatable bonds is 4. The number of carbonyl (C=O) groups excluding carboxylic acids is 1. The van der Waals surface area contributed by atoms with Gasteiger partial charge in [-0.25, -0.2) is 0 Å². The van der Waals surface area contributed by atoms with E-state index in [2.05, 4.69) is 18.3 Å². The highest BCUT2D eigenvalue weighted by atomic mass is 16.2. The lowest BCUT2D eigenvalue weighted by atomic mass is 9.97. The van der Waals surface area contributed by atoms with E-state index in [4.69, 9.17) is 5.26 Å². The molecule has 3 atom stereocenters. The van der Waals surface area contributed by atoms with Gasteiger partial charge in [0.1, 0.15) is 5.92 Å². The second-order valence-electron chi connectivity index (χ2n) is 4.37. The number of carbonyl (C=O) groups is 1. The lowest BCUT2D eigenvalue weighted by Crippen LogP contribution is -2.34. The molecule has 0 spiro atoms. The normalized spacial score (nSPS) is 26.8. The summed E-state index contributed by atoms with van der Waals surface area (Å²) in [5, 5.41) is 11.7. The molecule has 0 bridgehead atoms. The quantitative estimate of drug-likeness (QED) is 0.740. The minimum absolute atomic E-state index is 0.0940. The third kappa shape index (κ3) is 2.47. The maximum atomic E-state index is 11.6. The lowest BCUT2D eigenvalue weighted by molar-refractivity contribution is -0.124. The molecule has 0 aromatic heterocycles. The molecule has 1 saturated carbocycles. The Morgan fingerprint density at radius 2 is 2.29 bits per heavy atom. The predicted octanol–water partition coefficient (Wildman–Crippen LogP) is 1.70. The Morgan fingerprint density at radius 1 is 1.64 bits per heavy atom.